The van der Waals surface area contributed by atoms with Gasteiger partial charge in [-0.2, -0.15) is 0 Å². The summed E-state index contributed by atoms with van der Waals surface area (Å²) in [5.74, 6) is -0.140. The molecule has 0 unspecified atom stereocenters. The van der Waals surface area contributed by atoms with Crippen LogP contribution in [-0.4, -0.2) is 5.91 Å². The molecule has 2 heterocycles. The van der Waals surface area contributed by atoms with Crippen molar-refractivity contribution in [1.29, 1.82) is 0 Å². The van der Waals surface area contributed by atoms with Gasteiger partial charge in [-0.1, -0.05) is 18.2 Å². The fourth-order valence-electron chi connectivity index (χ4n) is 2.15. The number of carbonyl (C=O) groups is 1. The van der Waals surface area contributed by atoms with E-state index in [1.54, 1.807) is 6.07 Å². The monoisotopic (exact) mass is 299 g/mol. The Kier molecular flexibility index (Phi) is 3.58. The largest absolute Gasteiger partial charge is 0.423 e. The zero-order valence-corrected chi connectivity index (χ0v) is 12.2. The van der Waals surface area contributed by atoms with E-state index in [2.05, 4.69) is 5.32 Å². The smallest absolute Gasteiger partial charge is 0.336 e. The highest BCUT2D eigenvalue weighted by Crippen LogP contribution is 2.18. The molecule has 1 amide bonds. The van der Waals surface area contributed by atoms with Crippen LogP contribution in [0, 0.1) is 6.92 Å². The molecule has 0 bridgehead atoms. The molecule has 0 aliphatic rings. The number of thiophene rings is 1. The molecule has 0 saturated carbocycles. The SMILES string of the molecule is Cc1ccc2c(CNC(=O)c3cccs3)cc(=O)oc2c1. The van der Waals surface area contributed by atoms with Crippen LogP contribution in [0.1, 0.15) is 20.8 Å². The summed E-state index contributed by atoms with van der Waals surface area (Å²) in [5.41, 5.74) is 1.91. The van der Waals surface area contributed by atoms with Gasteiger partial charge in [0.25, 0.3) is 5.91 Å². The van der Waals surface area contributed by atoms with Crippen LogP contribution in [0.25, 0.3) is 11.0 Å². The first-order valence-electron chi connectivity index (χ1n) is 6.48. The van der Waals surface area contributed by atoms with Gasteiger partial charge in [-0.15, -0.1) is 11.3 Å². The molecule has 21 heavy (non-hydrogen) atoms. The second-order valence-corrected chi connectivity index (χ2v) is 5.70. The maximum Gasteiger partial charge on any atom is 0.336 e. The molecule has 1 aromatic carbocycles. The molecule has 106 valence electrons. The summed E-state index contributed by atoms with van der Waals surface area (Å²) in [7, 11) is 0. The molecule has 1 N–H and O–H groups in total. The van der Waals surface area contributed by atoms with Gasteiger partial charge in [0.15, 0.2) is 0 Å². The average molecular weight is 299 g/mol. The first-order valence-corrected chi connectivity index (χ1v) is 7.36. The molecular weight excluding hydrogens is 286 g/mol. The summed E-state index contributed by atoms with van der Waals surface area (Å²) in [6.45, 7) is 2.23. The Morgan fingerprint density at radius 3 is 2.90 bits per heavy atom. The van der Waals surface area contributed by atoms with Crippen molar-refractivity contribution in [3.8, 4) is 0 Å². The Balaban J connectivity index is 1.90. The summed E-state index contributed by atoms with van der Waals surface area (Å²) in [4.78, 5) is 24.2. The molecule has 0 spiro atoms. The second kappa shape index (κ2) is 5.54. The molecule has 0 aliphatic carbocycles. The Hall–Kier alpha value is -2.40. The third-order valence-corrected chi connectivity index (χ3v) is 4.04. The van der Waals surface area contributed by atoms with Crippen LogP contribution in [0.15, 0.2) is 51.0 Å². The van der Waals surface area contributed by atoms with E-state index in [0.29, 0.717) is 17.0 Å². The van der Waals surface area contributed by atoms with Crippen molar-refractivity contribution < 1.29 is 9.21 Å². The number of amides is 1. The highest BCUT2D eigenvalue weighted by atomic mass is 32.1. The van der Waals surface area contributed by atoms with Crippen molar-refractivity contribution >= 4 is 28.2 Å². The number of hydrogen-bond acceptors (Lipinski definition) is 4. The zero-order chi connectivity index (χ0) is 14.8. The Bertz CT molecular complexity index is 850. The summed E-state index contributed by atoms with van der Waals surface area (Å²) >= 11 is 1.38. The van der Waals surface area contributed by atoms with Crippen molar-refractivity contribution in [2.24, 2.45) is 0 Å². The van der Waals surface area contributed by atoms with E-state index in [0.717, 1.165) is 16.5 Å². The number of fused-ring (bicyclic) bond motifs is 1. The number of hydrogen-bond donors (Lipinski definition) is 1. The quantitative estimate of drug-likeness (QED) is 0.756. The molecule has 0 atom stereocenters. The topological polar surface area (TPSA) is 59.3 Å². The lowest BCUT2D eigenvalue weighted by Crippen LogP contribution is -2.22. The minimum absolute atomic E-state index is 0.140. The maximum atomic E-state index is 12.0. The van der Waals surface area contributed by atoms with E-state index in [-0.39, 0.29) is 5.91 Å². The molecule has 4 nitrogen and oxygen atoms in total. The fraction of sp³-hybridized carbons (Fsp3) is 0.125. The van der Waals surface area contributed by atoms with Crippen molar-refractivity contribution in [1.82, 2.24) is 5.32 Å². The number of rotatable bonds is 3. The lowest BCUT2D eigenvalue weighted by atomic mass is 10.1. The van der Waals surface area contributed by atoms with E-state index in [4.69, 9.17) is 4.42 Å². The molecule has 3 aromatic rings. The maximum absolute atomic E-state index is 12.0. The van der Waals surface area contributed by atoms with Crippen molar-refractivity contribution in [2.45, 2.75) is 13.5 Å². The van der Waals surface area contributed by atoms with E-state index in [9.17, 15) is 9.59 Å². The van der Waals surface area contributed by atoms with Gasteiger partial charge < -0.3 is 9.73 Å². The lowest BCUT2D eigenvalue weighted by Gasteiger charge is -2.07. The second-order valence-electron chi connectivity index (χ2n) is 4.75. The van der Waals surface area contributed by atoms with Crippen LogP contribution in [-0.2, 0) is 6.54 Å². The van der Waals surface area contributed by atoms with Gasteiger partial charge >= 0.3 is 5.63 Å². The summed E-state index contributed by atoms with van der Waals surface area (Å²) in [5, 5.41) is 5.52. The van der Waals surface area contributed by atoms with Crippen LogP contribution in [0.2, 0.25) is 0 Å². The first kappa shape index (κ1) is 13.6. The molecule has 5 heteroatoms. The Labute approximate surface area is 125 Å². The summed E-state index contributed by atoms with van der Waals surface area (Å²) in [6, 6.07) is 10.7. The van der Waals surface area contributed by atoms with Crippen LogP contribution < -0.4 is 10.9 Å². The van der Waals surface area contributed by atoms with Gasteiger partial charge in [-0.25, -0.2) is 4.79 Å². The predicted octanol–water partition coefficient (Wildman–Crippen LogP) is 3.09. The van der Waals surface area contributed by atoms with Gasteiger partial charge in [0.2, 0.25) is 0 Å². The number of benzene rings is 1. The summed E-state index contributed by atoms with van der Waals surface area (Å²) < 4.78 is 5.20. The molecular formula is C16H13NO3S. The molecule has 0 aliphatic heterocycles. The normalized spacial score (nSPS) is 10.7. The Morgan fingerprint density at radius 2 is 2.14 bits per heavy atom. The fourth-order valence-corrected chi connectivity index (χ4v) is 2.79. The summed E-state index contributed by atoms with van der Waals surface area (Å²) in [6.07, 6.45) is 0. The van der Waals surface area contributed by atoms with Gasteiger partial charge in [-0.05, 0) is 35.6 Å². The first-order chi connectivity index (χ1) is 10.1. The van der Waals surface area contributed by atoms with Crippen molar-refractivity contribution in [3.63, 3.8) is 0 Å². The lowest BCUT2D eigenvalue weighted by molar-refractivity contribution is 0.0955. The molecule has 0 saturated heterocycles. The van der Waals surface area contributed by atoms with E-state index in [1.165, 1.54) is 17.4 Å². The number of aryl methyl sites for hydroxylation is 1. The molecule has 3 rings (SSSR count). The van der Waals surface area contributed by atoms with Crippen molar-refractivity contribution in [3.05, 3.63) is 68.2 Å². The molecule has 0 fully saturated rings. The minimum atomic E-state index is -0.409. The Morgan fingerprint density at radius 1 is 1.29 bits per heavy atom. The van der Waals surface area contributed by atoms with Gasteiger partial charge in [-0.3, -0.25) is 4.79 Å². The van der Waals surface area contributed by atoms with Crippen LogP contribution in [0.3, 0.4) is 0 Å². The van der Waals surface area contributed by atoms with E-state index < -0.39 is 5.63 Å². The zero-order valence-electron chi connectivity index (χ0n) is 11.4. The third kappa shape index (κ3) is 2.87. The highest BCUT2D eigenvalue weighted by molar-refractivity contribution is 7.12. The van der Waals surface area contributed by atoms with Gasteiger partial charge in [0.05, 0.1) is 4.88 Å². The van der Waals surface area contributed by atoms with Gasteiger partial charge in [0, 0.05) is 18.0 Å². The number of nitrogens with one attached hydrogen (secondary N) is 1. The molecule has 2 aromatic heterocycles. The van der Waals surface area contributed by atoms with Crippen LogP contribution >= 0.6 is 11.3 Å². The van der Waals surface area contributed by atoms with E-state index in [1.807, 2.05) is 36.6 Å². The minimum Gasteiger partial charge on any atom is -0.423 e. The van der Waals surface area contributed by atoms with Gasteiger partial charge in [0.1, 0.15) is 5.58 Å². The third-order valence-electron chi connectivity index (χ3n) is 3.17. The average Bonchev–Trinajstić information content (AvgIpc) is 2.97. The number of carbonyl (C=O) groups excluding carboxylic acids is 1. The van der Waals surface area contributed by atoms with Crippen LogP contribution in [0.4, 0.5) is 0 Å². The van der Waals surface area contributed by atoms with Crippen LogP contribution in [0.5, 0.6) is 0 Å². The predicted molar refractivity (Wildman–Crippen MR) is 82.7 cm³/mol. The van der Waals surface area contributed by atoms with Crippen molar-refractivity contribution in [2.75, 3.05) is 0 Å². The van der Waals surface area contributed by atoms with E-state index >= 15 is 0 Å². The molecule has 0 radical (unpaired) electrons. The standard InChI is InChI=1S/C16H13NO3S/c1-10-4-5-12-11(8-15(18)20-13(12)7-10)9-17-16(19)14-3-2-6-21-14/h2-8H,9H2,1H3,(H,17,19). The highest BCUT2D eigenvalue weighted by Gasteiger charge is 2.09.